The zero-order chi connectivity index (χ0) is 20.2. The molecule has 0 aliphatic carbocycles. The van der Waals surface area contributed by atoms with E-state index >= 15 is 0 Å². The molecule has 9 heteroatoms. The van der Waals surface area contributed by atoms with E-state index in [9.17, 15) is 8.78 Å². The van der Waals surface area contributed by atoms with Crippen molar-refractivity contribution < 1.29 is 23.0 Å². The lowest BCUT2D eigenvalue weighted by Crippen LogP contribution is -2.38. The first-order valence-corrected chi connectivity index (χ1v) is 8.93. The fourth-order valence-electron chi connectivity index (χ4n) is 2.85. The quantitative estimate of drug-likeness (QED) is 0.651. The predicted molar refractivity (Wildman–Crippen MR) is 101 cm³/mol. The molecule has 1 aliphatic heterocycles. The summed E-state index contributed by atoms with van der Waals surface area (Å²) < 4.78 is 41.6. The molecule has 1 aliphatic rings. The van der Waals surface area contributed by atoms with Crippen molar-refractivity contribution >= 4 is 5.95 Å². The number of pyridine rings is 1. The molecule has 0 spiro atoms. The molecule has 0 unspecified atom stereocenters. The van der Waals surface area contributed by atoms with E-state index in [0.717, 1.165) is 5.56 Å². The maximum atomic E-state index is 13.0. The highest BCUT2D eigenvalue weighted by atomic mass is 19.3. The molecule has 150 valence electrons. The van der Waals surface area contributed by atoms with Crippen molar-refractivity contribution in [2.75, 3.05) is 18.9 Å². The Labute approximate surface area is 165 Å². The van der Waals surface area contributed by atoms with E-state index in [1.165, 1.54) is 0 Å². The van der Waals surface area contributed by atoms with E-state index in [1.54, 1.807) is 48.8 Å². The first kappa shape index (κ1) is 19.0. The second-order valence-corrected chi connectivity index (χ2v) is 6.47. The number of aromatic nitrogens is 3. The second kappa shape index (κ2) is 8.36. The van der Waals surface area contributed by atoms with Gasteiger partial charge in [-0.25, -0.2) is 15.0 Å². The molecule has 1 fully saturated rings. The minimum atomic E-state index is -3.00. The summed E-state index contributed by atoms with van der Waals surface area (Å²) in [6, 6.07) is 10.6. The fourth-order valence-corrected chi connectivity index (χ4v) is 2.85. The number of nitrogen functional groups attached to an aromatic ring is 1. The Morgan fingerprint density at radius 2 is 1.93 bits per heavy atom. The van der Waals surface area contributed by atoms with E-state index in [1.807, 2.05) is 0 Å². The topological polar surface area (TPSA) is 92.4 Å². The van der Waals surface area contributed by atoms with Gasteiger partial charge in [0.1, 0.15) is 11.9 Å². The van der Waals surface area contributed by atoms with Crippen molar-refractivity contribution in [3.05, 3.63) is 60.0 Å². The number of rotatable bonds is 7. The van der Waals surface area contributed by atoms with Crippen LogP contribution in [0.5, 0.6) is 11.6 Å². The van der Waals surface area contributed by atoms with E-state index in [2.05, 4.69) is 15.0 Å². The van der Waals surface area contributed by atoms with Gasteiger partial charge >= 0.3 is 6.61 Å². The molecule has 1 aromatic carbocycles. The molecule has 3 heterocycles. The van der Waals surface area contributed by atoms with Gasteiger partial charge < -0.3 is 19.9 Å². The van der Waals surface area contributed by atoms with Gasteiger partial charge in [0.15, 0.2) is 0 Å². The SMILES string of the molecule is Nc1ncc(Cc2ccc(-c3cccc(OC4COC4)c3)c(OC(F)F)n2)cn1. The summed E-state index contributed by atoms with van der Waals surface area (Å²) in [6.07, 6.45) is 3.49. The molecule has 0 bridgehead atoms. The number of anilines is 1. The molecule has 29 heavy (non-hydrogen) atoms. The van der Waals surface area contributed by atoms with E-state index < -0.39 is 6.61 Å². The third kappa shape index (κ3) is 4.75. The Balaban J connectivity index is 1.61. The monoisotopic (exact) mass is 400 g/mol. The van der Waals surface area contributed by atoms with Gasteiger partial charge in [0.25, 0.3) is 0 Å². The largest absolute Gasteiger partial charge is 0.486 e. The van der Waals surface area contributed by atoms with Crippen LogP contribution in [0.25, 0.3) is 11.1 Å². The third-order valence-corrected chi connectivity index (χ3v) is 4.28. The van der Waals surface area contributed by atoms with Crippen LogP contribution < -0.4 is 15.2 Å². The van der Waals surface area contributed by atoms with Crippen molar-refractivity contribution in [2.24, 2.45) is 0 Å². The number of alkyl halides is 2. The zero-order valence-corrected chi connectivity index (χ0v) is 15.3. The van der Waals surface area contributed by atoms with E-state index in [4.69, 9.17) is 19.9 Å². The molecular weight excluding hydrogens is 382 g/mol. The van der Waals surface area contributed by atoms with Crippen LogP contribution in [0.4, 0.5) is 14.7 Å². The second-order valence-electron chi connectivity index (χ2n) is 6.47. The summed E-state index contributed by atoms with van der Waals surface area (Å²) in [7, 11) is 0. The molecule has 0 saturated carbocycles. The van der Waals surface area contributed by atoms with Crippen LogP contribution in [0, 0.1) is 0 Å². The van der Waals surface area contributed by atoms with Gasteiger partial charge in [0, 0.05) is 30.1 Å². The Kier molecular flexibility index (Phi) is 5.48. The molecule has 3 aromatic rings. The van der Waals surface area contributed by atoms with Gasteiger partial charge in [-0.05, 0) is 35.4 Å². The molecule has 4 rings (SSSR count). The highest BCUT2D eigenvalue weighted by Crippen LogP contribution is 2.32. The Hall–Kier alpha value is -3.33. The first-order valence-electron chi connectivity index (χ1n) is 8.93. The standard InChI is InChI=1S/C20H18F2N4O3/c21-19(22)29-18-17(13-2-1-3-15(7-13)28-16-10-27-11-16)5-4-14(26-18)6-12-8-24-20(23)25-9-12/h1-5,7-9,16,19H,6,10-11H2,(H2,23,24,25). The van der Waals surface area contributed by atoms with Gasteiger partial charge in [-0.2, -0.15) is 8.78 Å². The summed E-state index contributed by atoms with van der Waals surface area (Å²) >= 11 is 0. The maximum Gasteiger partial charge on any atom is 0.388 e. The molecule has 1 saturated heterocycles. The lowest BCUT2D eigenvalue weighted by atomic mass is 10.1. The van der Waals surface area contributed by atoms with Gasteiger partial charge in [-0.15, -0.1) is 0 Å². The number of nitrogens with zero attached hydrogens (tertiary/aromatic N) is 3. The molecular formula is C20H18F2N4O3. The average molecular weight is 400 g/mol. The molecule has 0 radical (unpaired) electrons. The highest BCUT2D eigenvalue weighted by Gasteiger charge is 2.21. The van der Waals surface area contributed by atoms with Crippen LogP contribution in [0.3, 0.4) is 0 Å². The lowest BCUT2D eigenvalue weighted by molar-refractivity contribution is -0.0796. The number of ether oxygens (including phenoxy) is 3. The summed E-state index contributed by atoms with van der Waals surface area (Å²) in [6.45, 7) is -1.92. The van der Waals surface area contributed by atoms with Crippen LogP contribution >= 0.6 is 0 Å². The number of hydrogen-bond acceptors (Lipinski definition) is 7. The van der Waals surface area contributed by atoms with Crippen molar-refractivity contribution in [3.8, 4) is 22.8 Å². The fraction of sp³-hybridized carbons (Fsp3) is 0.250. The third-order valence-electron chi connectivity index (χ3n) is 4.28. The molecule has 2 N–H and O–H groups in total. The zero-order valence-electron chi connectivity index (χ0n) is 15.3. The normalized spacial score (nSPS) is 13.9. The maximum absolute atomic E-state index is 13.0. The summed E-state index contributed by atoms with van der Waals surface area (Å²) in [5.74, 6) is 0.634. The van der Waals surface area contributed by atoms with Gasteiger partial charge in [0.2, 0.25) is 11.8 Å². The molecule has 2 aromatic heterocycles. The molecule has 7 nitrogen and oxygen atoms in total. The lowest BCUT2D eigenvalue weighted by Gasteiger charge is -2.26. The van der Waals surface area contributed by atoms with Gasteiger partial charge in [0.05, 0.1) is 13.2 Å². The van der Waals surface area contributed by atoms with E-state index in [-0.39, 0.29) is 17.9 Å². The number of halogens is 2. The van der Waals surface area contributed by atoms with Crippen LogP contribution in [-0.2, 0) is 11.2 Å². The van der Waals surface area contributed by atoms with Crippen molar-refractivity contribution in [1.82, 2.24) is 15.0 Å². The Morgan fingerprint density at radius 3 is 2.62 bits per heavy atom. The smallest absolute Gasteiger partial charge is 0.388 e. The van der Waals surface area contributed by atoms with Crippen LogP contribution in [0.15, 0.2) is 48.8 Å². The number of hydrogen-bond donors (Lipinski definition) is 1. The molecule has 0 amide bonds. The Bertz CT molecular complexity index is 982. The summed E-state index contributed by atoms with van der Waals surface area (Å²) in [5.41, 5.74) is 7.87. The van der Waals surface area contributed by atoms with Gasteiger partial charge in [-0.3, -0.25) is 0 Å². The van der Waals surface area contributed by atoms with Crippen molar-refractivity contribution in [2.45, 2.75) is 19.1 Å². The minimum Gasteiger partial charge on any atom is -0.486 e. The van der Waals surface area contributed by atoms with Crippen LogP contribution in [0.1, 0.15) is 11.3 Å². The summed E-state index contributed by atoms with van der Waals surface area (Å²) in [5, 5.41) is 0. The average Bonchev–Trinajstić information content (AvgIpc) is 2.67. The van der Waals surface area contributed by atoms with E-state index in [0.29, 0.717) is 42.2 Å². The van der Waals surface area contributed by atoms with Crippen LogP contribution in [0.2, 0.25) is 0 Å². The number of benzene rings is 1. The molecule has 0 atom stereocenters. The van der Waals surface area contributed by atoms with Crippen molar-refractivity contribution in [1.29, 1.82) is 0 Å². The Morgan fingerprint density at radius 1 is 1.14 bits per heavy atom. The van der Waals surface area contributed by atoms with Gasteiger partial charge in [-0.1, -0.05) is 12.1 Å². The highest BCUT2D eigenvalue weighted by molar-refractivity contribution is 5.70. The number of nitrogens with two attached hydrogens (primary N) is 1. The summed E-state index contributed by atoms with van der Waals surface area (Å²) in [4.78, 5) is 12.1. The van der Waals surface area contributed by atoms with Crippen molar-refractivity contribution in [3.63, 3.8) is 0 Å². The minimum absolute atomic E-state index is 0.00432. The van der Waals surface area contributed by atoms with Crippen LogP contribution in [-0.4, -0.2) is 40.9 Å². The predicted octanol–water partition coefficient (Wildman–Crippen LogP) is 3.09. The first-order chi connectivity index (χ1) is 14.1.